The Morgan fingerprint density at radius 2 is 2.09 bits per heavy atom. The van der Waals surface area contributed by atoms with Crippen molar-refractivity contribution in [3.8, 4) is 11.3 Å². The Morgan fingerprint density at radius 1 is 1.32 bits per heavy atom. The van der Waals surface area contributed by atoms with E-state index in [2.05, 4.69) is 27.8 Å². The standard InChI is InChI=1S/C17H22N4O/c1-11-3-5-13(6-4-11)14-9-15(21-20-14)17(22)19-16-10-18-8-7-12(16)2/h3-6,9,12,16,18H,7-8,10H2,1-2H3,(H,19,22)(H,20,21). The summed E-state index contributed by atoms with van der Waals surface area (Å²) in [4.78, 5) is 12.3. The molecule has 0 bridgehead atoms. The Kier molecular flexibility index (Phi) is 4.24. The molecule has 0 spiro atoms. The van der Waals surface area contributed by atoms with E-state index in [1.54, 1.807) is 6.07 Å². The van der Waals surface area contributed by atoms with E-state index in [-0.39, 0.29) is 11.9 Å². The number of amides is 1. The summed E-state index contributed by atoms with van der Waals surface area (Å²) in [6, 6.07) is 10.1. The van der Waals surface area contributed by atoms with Crippen LogP contribution in [-0.2, 0) is 0 Å². The summed E-state index contributed by atoms with van der Waals surface area (Å²) in [5, 5.41) is 13.5. The smallest absolute Gasteiger partial charge is 0.269 e. The number of H-pyrrole nitrogens is 1. The Bertz CT molecular complexity index is 647. The van der Waals surface area contributed by atoms with Crippen LogP contribution in [0, 0.1) is 12.8 Å². The van der Waals surface area contributed by atoms with Gasteiger partial charge in [0, 0.05) is 18.2 Å². The fourth-order valence-corrected chi connectivity index (χ4v) is 2.74. The first-order valence-electron chi connectivity index (χ1n) is 7.77. The summed E-state index contributed by atoms with van der Waals surface area (Å²) in [5.41, 5.74) is 3.51. The van der Waals surface area contributed by atoms with Gasteiger partial charge in [-0.15, -0.1) is 0 Å². The fourth-order valence-electron chi connectivity index (χ4n) is 2.74. The van der Waals surface area contributed by atoms with Crippen LogP contribution in [0.1, 0.15) is 29.4 Å². The second-order valence-corrected chi connectivity index (χ2v) is 6.08. The molecule has 2 heterocycles. The maximum Gasteiger partial charge on any atom is 0.269 e. The van der Waals surface area contributed by atoms with Gasteiger partial charge in [-0.3, -0.25) is 9.89 Å². The highest BCUT2D eigenvalue weighted by atomic mass is 16.2. The highest BCUT2D eigenvalue weighted by Crippen LogP contribution is 2.18. The molecule has 1 aliphatic rings. The van der Waals surface area contributed by atoms with Crippen LogP contribution in [-0.4, -0.2) is 35.2 Å². The Morgan fingerprint density at radius 3 is 2.82 bits per heavy atom. The van der Waals surface area contributed by atoms with E-state index in [1.165, 1.54) is 5.56 Å². The molecule has 1 aromatic heterocycles. The van der Waals surface area contributed by atoms with Crippen molar-refractivity contribution in [3.05, 3.63) is 41.6 Å². The zero-order valence-electron chi connectivity index (χ0n) is 13.0. The lowest BCUT2D eigenvalue weighted by molar-refractivity contribution is 0.0910. The molecule has 1 saturated heterocycles. The van der Waals surface area contributed by atoms with Crippen LogP contribution in [0.15, 0.2) is 30.3 Å². The number of aromatic amines is 1. The molecule has 22 heavy (non-hydrogen) atoms. The Hall–Kier alpha value is -2.14. The number of hydrogen-bond donors (Lipinski definition) is 3. The van der Waals surface area contributed by atoms with Gasteiger partial charge in [0.05, 0.1) is 5.69 Å². The lowest BCUT2D eigenvalue weighted by Gasteiger charge is -2.29. The molecule has 1 amide bonds. The first kappa shape index (κ1) is 14.8. The van der Waals surface area contributed by atoms with E-state index < -0.39 is 0 Å². The number of piperidine rings is 1. The van der Waals surface area contributed by atoms with Crippen LogP contribution in [0.3, 0.4) is 0 Å². The van der Waals surface area contributed by atoms with Crippen LogP contribution < -0.4 is 10.6 Å². The highest BCUT2D eigenvalue weighted by Gasteiger charge is 2.23. The number of aromatic nitrogens is 2. The minimum atomic E-state index is -0.0913. The molecule has 116 valence electrons. The quantitative estimate of drug-likeness (QED) is 0.813. The molecule has 1 aliphatic heterocycles. The maximum absolute atomic E-state index is 12.3. The van der Waals surface area contributed by atoms with Crippen molar-refractivity contribution in [1.82, 2.24) is 20.8 Å². The van der Waals surface area contributed by atoms with Crippen LogP contribution in [0.25, 0.3) is 11.3 Å². The predicted octanol–water partition coefficient (Wildman–Crippen LogP) is 2.11. The average molecular weight is 298 g/mol. The molecule has 2 atom stereocenters. The van der Waals surface area contributed by atoms with Crippen LogP contribution in [0.4, 0.5) is 0 Å². The Labute approximate surface area is 130 Å². The van der Waals surface area contributed by atoms with Gasteiger partial charge in [-0.25, -0.2) is 0 Å². The number of rotatable bonds is 3. The predicted molar refractivity (Wildman–Crippen MR) is 86.7 cm³/mol. The molecular formula is C17H22N4O. The van der Waals surface area contributed by atoms with Gasteiger partial charge < -0.3 is 10.6 Å². The summed E-state index contributed by atoms with van der Waals surface area (Å²) >= 11 is 0. The minimum Gasteiger partial charge on any atom is -0.346 e. The van der Waals surface area contributed by atoms with E-state index in [4.69, 9.17) is 0 Å². The van der Waals surface area contributed by atoms with Gasteiger partial charge in [0.1, 0.15) is 5.69 Å². The molecule has 1 fully saturated rings. The number of nitrogens with zero attached hydrogens (tertiary/aromatic N) is 1. The van der Waals surface area contributed by atoms with Gasteiger partial charge in [0.2, 0.25) is 0 Å². The number of hydrogen-bond acceptors (Lipinski definition) is 3. The number of aryl methyl sites for hydroxylation is 1. The molecule has 2 aromatic rings. The molecule has 5 heteroatoms. The molecule has 3 rings (SSSR count). The molecule has 1 aromatic carbocycles. The van der Waals surface area contributed by atoms with Gasteiger partial charge in [-0.05, 0) is 31.9 Å². The SMILES string of the molecule is Cc1ccc(-c2cc(C(=O)NC3CNCCC3C)[nH]n2)cc1. The lowest BCUT2D eigenvalue weighted by Crippen LogP contribution is -2.50. The lowest BCUT2D eigenvalue weighted by atomic mass is 9.95. The number of benzene rings is 1. The third-order valence-corrected chi connectivity index (χ3v) is 4.31. The molecular weight excluding hydrogens is 276 g/mol. The van der Waals surface area contributed by atoms with Crippen LogP contribution in [0.2, 0.25) is 0 Å². The van der Waals surface area contributed by atoms with E-state index in [0.717, 1.165) is 30.8 Å². The van der Waals surface area contributed by atoms with Gasteiger partial charge in [-0.1, -0.05) is 36.8 Å². The first-order chi connectivity index (χ1) is 10.6. The molecule has 2 unspecified atom stereocenters. The third-order valence-electron chi connectivity index (χ3n) is 4.31. The van der Waals surface area contributed by atoms with E-state index in [0.29, 0.717) is 11.6 Å². The summed E-state index contributed by atoms with van der Waals surface area (Å²) in [6.45, 7) is 6.07. The topological polar surface area (TPSA) is 69.8 Å². The van der Waals surface area contributed by atoms with Crippen molar-refractivity contribution in [2.75, 3.05) is 13.1 Å². The van der Waals surface area contributed by atoms with Gasteiger partial charge in [0.25, 0.3) is 5.91 Å². The van der Waals surface area contributed by atoms with Crippen molar-refractivity contribution in [3.63, 3.8) is 0 Å². The normalized spacial score (nSPS) is 21.5. The monoisotopic (exact) mass is 298 g/mol. The largest absolute Gasteiger partial charge is 0.346 e. The second-order valence-electron chi connectivity index (χ2n) is 6.08. The van der Waals surface area contributed by atoms with E-state index in [1.807, 2.05) is 31.2 Å². The summed E-state index contributed by atoms with van der Waals surface area (Å²) in [7, 11) is 0. The Balaban J connectivity index is 1.70. The van der Waals surface area contributed by atoms with Crippen molar-refractivity contribution in [1.29, 1.82) is 0 Å². The highest BCUT2D eigenvalue weighted by molar-refractivity contribution is 5.93. The molecule has 0 saturated carbocycles. The van der Waals surface area contributed by atoms with Crippen molar-refractivity contribution in [2.45, 2.75) is 26.3 Å². The average Bonchev–Trinajstić information content (AvgIpc) is 3.00. The first-order valence-corrected chi connectivity index (χ1v) is 7.77. The fraction of sp³-hybridized carbons (Fsp3) is 0.412. The number of carbonyl (C=O) groups excluding carboxylic acids is 1. The molecule has 0 radical (unpaired) electrons. The molecule has 0 aliphatic carbocycles. The number of carbonyl (C=O) groups is 1. The number of nitrogens with one attached hydrogen (secondary N) is 3. The van der Waals surface area contributed by atoms with Crippen LogP contribution >= 0.6 is 0 Å². The summed E-state index contributed by atoms with van der Waals surface area (Å²) < 4.78 is 0. The third kappa shape index (κ3) is 3.20. The zero-order valence-corrected chi connectivity index (χ0v) is 13.0. The van der Waals surface area contributed by atoms with Crippen molar-refractivity contribution >= 4 is 5.91 Å². The van der Waals surface area contributed by atoms with Crippen molar-refractivity contribution in [2.24, 2.45) is 5.92 Å². The summed E-state index contributed by atoms with van der Waals surface area (Å²) in [5.74, 6) is 0.399. The van der Waals surface area contributed by atoms with E-state index >= 15 is 0 Å². The maximum atomic E-state index is 12.3. The zero-order chi connectivity index (χ0) is 15.5. The summed E-state index contributed by atoms with van der Waals surface area (Å²) in [6.07, 6.45) is 1.09. The van der Waals surface area contributed by atoms with Crippen LogP contribution in [0.5, 0.6) is 0 Å². The van der Waals surface area contributed by atoms with E-state index in [9.17, 15) is 4.79 Å². The van der Waals surface area contributed by atoms with Gasteiger partial charge >= 0.3 is 0 Å². The molecule has 5 nitrogen and oxygen atoms in total. The minimum absolute atomic E-state index is 0.0913. The van der Waals surface area contributed by atoms with Crippen molar-refractivity contribution < 1.29 is 4.79 Å². The second kappa shape index (κ2) is 6.32. The van der Waals surface area contributed by atoms with Gasteiger partial charge in [-0.2, -0.15) is 5.10 Å². The molecule has 3 N–H and O–H groups in total. The van der Waals surface area contributed by atoms with Gasteiger partial charge in [0.15, 0.2) is 0 Å².